The summed E-state index contributed by atoms with van der Waals surface area (Å²) in [6.07, 6.45) is 111. The summed E-state index contributed by atoms with van der Waals surface area (Å²) in [5.41, 5.74) is 0. The average molecular weight is 1620 g/mol. The van der Waals surface area contributed by atoms with Gasteiger partial charge >= 0.3 is 33.6 Å². The highest BCUT2D eigenvalue weighted by Crippen LogP contribution is 2.45. The molecule has 0 heterocycles. The van der Waals surface area contributed by atoms with Gasteiger partial charge in [-0.25, -0.2) is 9.13 Å². The van der Waals surface area contributed by atoms with Gasteiger partial charge in [0.1, 0.15) is 25.4 Å². The molecule has 18 heteroatoms. The van der Waals surface area contributed by atoms with Crippen LogP contribution in [0.4, 0.5) is 0 Å². The predicted molar refractivity (Wildman–Crippen MR) is 472 cm³/mol. The predicted octanol–water partition coefficient (Wildman–Crippen LogP) is 27.1. The van der Waals surface area contributed by atoms with E-state index in [9.17, 15) is 43.5 Å². The lowest BCUT2D eigenvalue weighted by Gasteiger charge is -2.21. The molecule has 0 aromatic carbocycles. The van der Waals surface area contributed by atoms with Crippen molar-refractivity contribution in [1.82, 2.24) is 0 Å². The summed E-state index contributed by atoms with van der Waals surface area (Å²) in [4.78, 5) is 58.9. The molecule has 4 N–H and O–H groups in total. The summed E-state index contributed by atoms with van der Waals surface area (Å²) in [5.74, 6) is -1.60. The Labute approximate surface area is 688 Å². The monoisotopic (exact) mass is 1620 g/mol. The topological polar surface area (TPSA) is 231 Å². The van der Waals surface area contributed by atoms with Crippen LogP contribution in [0.25, 0.3) is 0 Å². The zero-order chi connectivity index (χ0) is 82.2. The van der Waals surface area contributed by atoms with Crippen molar-refractivity contribution in [2.75, 3.05) is 39.6 Å². The quantitative estimate of drug-likeness (QED) is 0.0146. The molecule has 0 aliphatic carbocycles. The second-order valence-electron chi connectivity index (χ2n) is 29.3. The van der Waals surface area contributed by atoms with E-state index in [1.165, 1.54) is 128 Å². The average Bonchev–Trinajstić information content (AvgIpc) is 0.901. The fourth-order valence-electron chi connectivity index (χ4n) is 11.7. The molecule has 0 saturated heterocycles. The number of esters is 3. The Bertz CT molecular complexity index is 2730. The molecule has 0 aromatic heterocycles. The lowest BCUT2D eigenvalue weighted by atomic mass is 10.0. The first-order chi connectivity index (χ1) is 55.2. The van der Waals surface area contributed by atoms with Crippen LogP contribution in [0.2, 0.25) is 0 Å². The van der Waals surface area contributed by atoms with E-state index in [1.807, 2.05) is 0 Å². The number of ether oxygens (including phenoxy) is 3. The van der Waals surface area contributed by atoms with E-state index < -0.39 is 91.5 Å². The van der Waals surface area contributed by atoms with Gasteiger partial charge in [0, 0.05) is 19.3 Å². The molecule has 0 fully saturated rings. The van der Waals surface area contributed by atoms with Gasteiger partial charge in [0.2, 0.25) is 0 Å². The number of aliphatic hydroxyl groups excluding tert-OH is 2. The van der Waals surface area contributed by atoms with Crippen molar-refractivity contribution in [2.45, 2.75) is 373 Å². The SMILES string of the molecule is CC/C=C\C/C=C\C/C=C\C/C=C\C/C=C\C/C=C\CCCCCCCCCCCCCCC(=O)OCC(O)COP(=O)(O)OCC(O)COP(=O)(O)OCC(COC(=O)CCCCCCCCCCCCCCC/C=C\C/C=C\C/C=C\C/C=C\CCCCC)OC(=O)CCCCCC/C=C\C/C=C\C/C=C\C/C=C\CC. The van der Waals surface area contributed by atoms with Gasteiger partial charge in [-0.15, -0.1) is 0 Å². The number of phosphoric acid groups is 2. The summed E-state index contributed by atoms with van der Waals surface area (Å²) in [7, 11) is -9.82. The van der Waals surface area contributed by atoms with Crippen molar-refractivity contribution in [3.63, 3.8) is 0 Å². The molecule has 0 spiro atoms. The van der Waals surface area contributed by atoms with Crippen LogP contribution < -0.4 is 0 Å². The number of aliphatic hydroxyl groups is 2. The molecule has 0 radical (unpaired) electrons. The summed E-state index contributed by atoms with van der Waals surface area (Å²) >= 11 is 0. The molecule has 0 aliphatic rings. The Balaban J connectivity index is 4.55. The van der Waals surface area contributed by atoms with Crippen molar-refractivity contribution < 1.29 is 75.8 Å². The van der Waals surface area contributed by atoms with Crippen LogP contribution in [0.15, 0.2) is 170 Å². The zero-order valence-corrected chi connectivity index (χ0v) is 72.8. The Morgan fingerprint density at radius 3 is 0.743 bits per heavy atom. The highest BCUT2D eigenvalue weighted by Gasteiger charge is 2.29. The van der Waals surface area contributed by atoms with Gasteiger partial charge < -0.3 is 34.2 Å². The first-order valence-electron chi connectivity index (χ1n) is 44.4. The van der Waals surface area contributed by atoms with Gasteiger partial charge in [-0.2, -0.15) is 0 Å². The molecule has 5 unspecified atom stereocenters. The first kappa shape index (κ1) is 108. The van der Waals surface area contributed by atoms with E-state index in [0.29, 0.717) is 19.3 Å². The van der Waals surface area contributed by atoms with Crippen LogP contribution in [0, 0.1) is 0 Å². The largest absolute Gasteiger partial charge is 0.472 e. The van der Waals surface area contributed by atoms with Gasteiger partial charge in [-0.1, -0.05) is 351 Å². The molecule has 5 atom stereocenters. The molecule has 16 nitrogen and oxygen atoms in total. The Kier molecular flexibility index (Phi) is 82.4. The van der Waals surface area contributed by atoms with E-state index in [4.69, 9.17) is 32.3 Å². The van der Waals surface area contributed by atoms with Crippen molar-refractivity contribution in [2.24, 2.45) is 0 Å². The third-order valence-corrected chi connectivity index (χ3v) is 20.3. The molecule has 0 saturated carbocycles. The maximum absolute atomic E-state index is 13.0. The second kappa shape index (κ2) is 86.3. The van der Waals surface area contributed by atoms with Gasteiger partial charge in [0.15, 0.2) is 6.10 Å². The molecule has 646 valence electrons. The van der Waals surface area contributed by atoms with E-state index in [2.05, 4.69) is 191 Å². The van der Waals surface area contributed by atoms with E-state index >= 15 is 0 Å². The van der Waals surface area contributed by atoms with Crippen LogP contribution in [0.5, 0.6) is 0 Å². The highest BCUT2D eigenvalue weighted by atomic mass is 31.2. The Morgan fingerprint density at radius 1 is 0.257 bits per heavy atom. The van der Waals surface area contributed by atoms with Gasteiger partial charge in [-0.05, 0) is 154 Å². The molecular formula is C95H160O16P2. The number of hydrogen-bond acceptors (Lipinski definition) is 14. The molecule has 0 amide bonds. The fourth-order valence-corrected chi connectivity index (χ4v) is 13.3. The molecule has 0 rings (SSSR count). The zero-order valence-electron chi connectivity index (χ0n) is 71.0. The van der Waals surface area contributed by atoms with Gasteiger partial charge in [0.25, 0.3) is 0 Å². The number of unbranched alkanes of at least 4 members (excludes halogenated alkanes) is 32. The Hall–Kier alpha value is -5.09. The molecule has 113 heavy (non-hydrogen) atoms. The molecular weight excluding hydrogens is 1460 g/mol. The number of allylic oxidation sites excluding steroid dienone is 28. The van der Waals surface area contributed by atoms with E-state index in [0.717, 1.165) is 167 Å². The lowest BCUT2D eigenvalue weighted by molar-refractivity contribution is -0.161. The third-order valence-electron chi connectivity index (χ3n) is 18.4. The first-order valence-corrected chi connectivity index (χ1v) is 47.4. The van der Waals surface area contributed by atoms with Crippen LogP contribution in [-0.4, -0.2) is 95.9 Å². The second-order valence-corrected chi connectivity index (χ2v) is 32.2. The van der Waals surface area contributed by atoms with Crippen LogP contribution >= 0.6 is 15.6 Å². The van der Waals surface area contributed by atoms with Gasteiger partial charge in [0.05, 0.1) is 26.4 Å². The molecule has 0 aromatic rings. The number of hydrogen-bond donors (Lipinski definition) is 4. The van der Waals surface area contributed by atoms with Crippen molar-refractivity contribution in [3.05, 3.63) is 170 Å². The standard InChI is InChI=1S/C95H160O16P2/c1-4-7-10-13-16-19-22-25-28-31-33-35-37-39-41-43-44-46-48-49-51-53-55-58-60-63-66-69-72-75-78-81-93(98)105-84-90(96)85-107-112(101,102)108-86-91(97)87-109-113(103,104)110-89-92(111-95(100)83-80-77-74-71-68-65-62-57-30-27-24-21-18-15-12-9-6-3)88-106-94(99)82-79-76-73-70-67-64-61-59-56-54-52-50-47-45-42-40-38-36-34-32-29-26-23-20-17-14-11-8-5-2/h7,9-10,12,16-21,25-30,33-36,39-42,44,46,62,65,90-92,96-97H,4-6,8,11,13-15,22-24,31-32,37-38,43,45,47-61,63-64,66-89H2,1-3H3,(H,101,102)(H,103,104)/b10-7-,12-9-,19-16-,20-17-,21-18-,28-25-,29-26-,30-27-,35-33-,36-34-,41-39-,42-40-,46-44-,65-62-. The highest BCUT2D eigenvalue weighted by molar-refractivity contribution is 7.47. The summed E-state index contributed by atoms with van der Waals surface area (Å²) in [5, 5.41) is 20.7. The number of rotatable bonds is 83. The van der Waals surface area contributed by atoms with Crippen molar-refractivity contribution >= 4 is 33.6 Å². The minimum atomic E-state index is -4.95. The molecule has 0 aliphatic heterocycles. The molecule has 0 bridgehead atoms. The summed E-state index contributed by atoms with van der Waals surface area (Å²) < 4.78 is 61.4. The number of carbonyl (C=O) groups excluding carboxylic acids is 3. The van der Waals surface area contributed by atoms with Crippen LogP contribution in [-0.2, 0) is 55.8 Å². The van der Waals surface area contributed by atoms with E-state index in [-0.39, 0.29) is 19.3 Å². The number of phosphoric ester groups is 2. The van der Waals surface area contributed by atoms with Gasteiger partial charge in [-0.3, -0.25) is 32.5 Å². The lowest BCUT2D eigenvalue weighted by Crippen LogP contribution is -2.30. The number of carbonyl (C=O) groups is 3. The fraction of sp³-hybridized carbons (Fsp3) is 0.674. The third kappa shape index (κ3) is 87.6. The summed E-state index contributed by atoms with van der Waals surface area (Å²) in [6, 6.07) is 0. The van der Waals surface area contributed by atoms with Crippen LogP contribution in [0.3, 0.4) is 0 Å². The maximum atomic E-state index is 13.0. The minimum Gasteiger partial charge on any atom is -0.463 e. The maximum Gasteiger partial charge on any atom is 0.472 e. The van der Waals surface area contributed by atoms with Crippen LogP contribution in [0.1, 0.15) is 355 Å². The Morgan fingerprint density at radius 2 is 0.469 bits per heavy atom. The normalized spacial score (nSPS) is 14.6. The van der Waals surface area contributed by atoms with Crippen molar-refractivity contribution in [3.8, 4) is 0 Å². The summed E-state index contributed by atoms with van der Waals surface area (Å²) in [6.45, 7) is 2.42. The van der Waals surface area contributed by atoms with E-state index in [1.54, 1.807) is 0 Å². The smallest absolute Gasteiger partial charge is 0.463 e. The van der Waals surface area contributed by atoms with Crippen molar-refractivity contribution in [1.29, 1.82) is 0 Å². The minimum absolute atomic E-state index is 0.0727.